The molecular formula is C17H11ClN2O. The molecule has 0 aliphatic carbocycles. The molecule has 0 unspecified atom stereocenters. The van der Waals surface area contributed by atoms with Crippen molar-refractivity contribution < 1.29 is 4.79 Å². The molecule has 3 aromatic rings. The summed E-state index contributed by atoms with van der Waals surface area (Å²) >= 11 is 5.83. The summed E-state index contributed by atoms with van der Waals surface area (Å²) < 4.78 is 0. The highest BCUT2D eigenvalue weighted by Crippen LogP contribution is 2.22. The Kier molecular flexibility index (Phi) is 3.47. The smallest absolute Gasteiger partial charge is 0.193 e. The molecule has 3 nitrogen and oxygen atoms in total. The van der Waals surface area contributed by atoms with Crippen molar-refractivity contribution in [3.05, 3.63) is 70.4 Å². The van der Waals surface area contributed by atoms with Gasteiger partial charge in [0.2, 0.25) is 0 Å². The lowest BCUT2D eigenvalue weighted by Crippen LogP contribution is -2.00. The number of hydrogen-bond donors (Lipinski definition) is 1. The van der Waals surface area contributed by atoms with Crippen LogP contribution in [0.4, 0.5) is 0 Å². The summed E-state index contributed by atoms with van der Waals surface area (Å²) in [5.41, 5.74) is 3.01. The van der Waals surface area contributed by atoms with Crippen molar-refractivity contribution in [1.29, 1.82) is 5.26 Å². The molecule has 0 atom stereocenters. The van der Waals surface area contributed by atoms with Crippen LogP contribution in [0.2, 0.25) is 5.02 Å². The third kappa shape index (κ3) is 2.54. The number of nitrogens with one attached hydrogen (secondary N) is 1. The topological polar surface area (TPSA) is 56.6 Å². The molecule has 0 saturated carbocycles. The maximum Gasteiger partial charge on any atom is 0.193 e. The number of benzene rings is 2. The van der Waals surface area contributed by atoms with Gasteiger partial charge in [0.15, 0.2) is 5.78 Å². The molecule has 0 bridgehead atoms. The Morgan fingerprint density at radius 3 is 2.57 bits per heavy atom. The van der Waals surface area contributed by atoms with Gasteiger partial charge in [0.05, 0.1) is 12.5 Å². The summed E-state index contributed by atoms with van der Waals surface area (Å²) in [4.78, 5) is 15.5. The Morgan fingerprint density at radius 1 is 1.14 bits per heavy atom. The van der Waals surface area contributed by atoms with Gasteiger partial charge in [-0.05, 0) is 35.9 Å². The van der Waals surface area contributed by atoms with Crippen LogP contribution in [0.3, 0.4) is 0 Å². The maximum atomic E-state index is 12.4. The molecule has 0 radical (unpaired) electrons. The molecule has 0 aliphatic heterocycles. The Labute approximate surface area is 126 Å². The Bertz CT molecular complexity index is 857. The van der Waals surface area contributed by atoms with Gasteiger partial charge in [0.25, 0.3) is 0 Å². The lowest BCUT2D eigenvalue weighted by molar-refractivity contribution is 0.103. The second-order valence-corrected chi connectivity index (χ2v) is 5.18. The fraction of sp³-hybridized carbons (Fsp3) is 0.0588. The first-order valence-corrected chi connectivity index (χ1v) is 6.84. The number of aromatic amines is 1. The van der Waals surface area contributed by atoms with Crippen molar-refractivity contribution in [1.82, 2.24) is 4.98 Å². The van der Waals surface area contributed by atoms with Crippen LogP contribution in [0.25, 0.3) is 10.9 Å². The highest BCUT2D eigenvalue weighted by molar-refractivity contribution is 6.30. The van der Waals surface area contributed by atoms with Crippen LogP contribution in [0, 0.1) is 11.3 Å². The number of carbonyl (C=O) groups is 1. The number of hydrogen-bond acceptors (Lipinski definition) is 2. The van der Waals surface area contributed by atoms with Gasteiger partial charge in [-0.1, -0.05) is 23.7 Å². The predicted octanol–water partition coefficient (Wildman–Crippen LogP) is 4.12. The maximum absolute atomic E-state index is 12.4. The number of nitriles is 1. The fourth-order valence-corrected chi connectivity index (χ4v) is 2.45. The van der Waals surface area contributed by atoms with Crippen molar-refractivity contribution in [2.45, 2.75) is 6.42 Å². The standard InChI is InChI=1S/C17H11ClN2O/c18-14-4-1-11(2-5-14)17(21)12-3-6-15-13(7-8-19)10-20-16(15)9-12/h1-6,9-10,20H,7H2. The number of nitrogens with zero attached hydrogens (tertiary/aromatic N) is 1. The van der Waals surface area contributed by atoms with E-state index in [4.69, 9.17) is 16.9 Å². The number of halogens is 1. The van der Waals surface area contributed by atoms with Crippen molar-refractivity contribution in [3.63, 3.8) is 0 Å². The van der Waals surface area contributed by atoms with Crippen LogP contribution in [0.5, 0.6) is 0 Å². The Morgan fingerprint density at radius 2 is 1.86 bits per heavy atom. The molecule has 2 aromatic carbocycles. The van der Waals surface area contributed by atoms with Crippen LogP contribution in [-0.2, 0) is 6.42 Å². The number of H-pyrrole nitrogens is 1. The Balaban J connectivity index is 1.99. The molecule has 4 heteroatoms. The zero-order valence-electron chi connectivity index (χ0n) is 11.1. The van der Waals surface area contributed by atoms with E-state index >= 15 is 0 Å². The van der Waals surface area contributed by atoms with E-state index in [1.54, 1.807) is 30.3 Å². The molecule has 0 spiro atoms. The van der Waals surface area contributed by atoms with E-state index in [9.17, 15) is 4.79 Å². The molecule has 3 rings (SSSR count). The monoisotopic (exact) mass is 294 g/mol. The molecule has 0 fully saturated rings. The van der Waals surface area contributed by atoms with Crippen molar-refractivity contribution in [2.24, 2.45) is 0 Å². The zero-order chi connectivity index (χ0) is 14.8. The number of fused-ring (bicyclic) bond motifs is 1. The molecule has 0 amide bonds. The van der Waals surface area contributed by atoms with Gasteiger partial charge < -0.3 is 4.98 Å². The van der Waals surface area contributed by atoms with Crippen LogP contribution >= 0.6 is 11.6 Å². The molecule has 1 heterocycles. The molecule has 1 N–H and O–H groups in total. The number of carbonyl (C=O) groups excluding carboxylic acids is 1. The van der Waals surface area contributed by atoms with E-state index in [0.717, 1.165) is 16.5 Å². The normalized spacial score (nSPS) is 10.5. The van der Waals surface area contributed by atoms with Crippen LogP contribution in [0.1, 0.15) is 21.5 Å². The van der Waals surface area contributed by atoms with E-state index in [-0.39, 0.29) is 5.78 Å². The number of aromatic nitrogens is 1. The van der Waals surface area contributed by atoms with E-state index in [1.165, 1.54) is 0 Å². The second kappa shape index (κ2) is 5.43. The largest absolute Gasteiger partial charge is 0.361 e. The second-order valence-electron chi connectivity index (χ2n) is 4.75. The lowest BCUT2D eigenvalue weighted by Gasteiger charge is -2.02. The summed E-state index contributed by atoms with van der Waals surface area (Å²) in [6, 6.07) is 14.4. The van der Waals surface area contributed by atoms with Crippen molar-refractivity contribution in [2.75, 3.05) is 0 Å². The van der Waals surface area contributed by atoms with Gasteiger partial charge in [-0.25, -0.2) is 0 Å². The first-order valence-electron chi connectivity index (χ1n) is 6.46. The molecule has 102 valence electrons. The molecule has 0 saturated heterocycles. The van der Waals surface area contributed by atoms with Crippen molar-refractivity contribution >= 4 is 28.3 Å². The lowest BCUT2D eigenvalue weighted by atomic mass is 10.0. The van der Waals surface area contributed by atoms with Crippen LogP contribution in [-0.4, -0.2) is 10.8 Å². The van der Waals surface area contributed by atoms with Crippen molar-refractivity contribution in [3.8, 4) is 6.07 Å². The van der Waals surface area contributed by atoms with Gasteiger partial charge in [-0.3, -0.25) is 4.79 Å². The predicted molar refractivity (Wildman–Crippen MR) is 82.5 cm³/mol. The van der Waals surface area contributed by atoms with Gasteiger partial charge in [-0.2, -0.15) is 5.26 Å². The summed E-state index contributed by atoms with van der Waals surface area (Å²) in [5, 5.41) is 10.4. The highest BCUT2D eigenvalue weighted by Gasteiger charge is 2.11. The minimum atomic E-state index is -0.0509. The molecule has 0 aliphatic rings. The van der Waals surface area contributed by atoms with E-state index < -0.39 is 0 Å². The van der Waals surface area contributed by atoms with E-state index in [1.807, 2.05) is 18.3 Å². The van der Waals surface area contributed by atoms with E-state index in [0.29, 0.717) is 22.6 Å². The summed E-state index contributed by atoms with van der Waals surface area (Å²) in [6.07, 6.45) is 2.16. The highest BCUT2D eigenvalue weighted by atomic mass is 35.5. The average Bonchev–Trinajstić information content (AvgIpc) is 2.90. The molecule has 21 heavy (non-hydrogen) atoms. The van der Waals surface area contributed by atoms with Crippen LogP contribution < -0.4 is 0 Å². The fourth-order valence-electron chi connectivity index (χ4n) is 2.33. The third-order valence-electron chi connectivity index (χ3n) is 3.41. The SMILES string of the molecule is N#CCc1c[nH]c2cc(C(=O)c3ccc(Cl)cc3)ccc12. The minimum Gasteiger partial charge on any atom is -0.361 e. The quantitative estimate of drug-likeness (QED) is 0.739. The van der Waals surface area contributed by atoms with Crippen LogP contribution in [0.15, 0.2) is 48.7 Å². The third-order valence-corrected chi connectivity index (χ3v) is 3.66. The molecule has 1 aromatic heterocycles. The van der Waals surface area contributed by atoms with E-state index in [2.05, 4.69) is 11.1 Å². The number of ketones is 1. The average molecular weight is 295 g/mol. The van der Waals surface area contributed by atoms with Gasteiger partial charge in [0.1, 0.15) is 0 Å². The van der Waals surface area contributed by atoms with Gasteiger partial charge >= 0.3 is 0 Å². The summed E-state index contributed by atoms with van der Waals surface area (Å²) in [7, 11) is 0. The zero-order valence-corrected chi connectivity index (χ0v) is 11.8. The summed E-state index contributed by atoms with van der Waals surface area (Å²) in [6.45, 7) is 0. The van der Waals surface area contributed by atoms with Gasteiger partial charge in [-0.15, -0.1) is 0 Å². The molecular weight excluding hydrogens is 284 g/mol. The minimum absolute atomic E-state index is 0.0509. The first-order chi connectivity index (χ1) is 10.2. The summed E-state index contributed by atoms with van der Waals surface area (Å²) in [5.74, 6) is -0.0509. The first kappa shape index (κ1) is 13.4. The Hall–Kier alpha value is -2.57. The van der Waals surface area contributed by atoms with Gasteiger partial charge in [0, 0.05) is 33.2 Å². The number of rotatable bonds is 3.